The molecule has 27 heavy (non-hydrogen) atoms. The first kappa shape index (κ1) is 19.6. The van der Waals surface area contributed by atoms with Crippen LogP contribution in [0.2, 0.25) is 0 Å². The highest BCUT2D eigenvalue weighted by Crippen LogP contribution is 2.33. The first-order valence-electron chi connectivity index (χ1n) is 10.3. The van der Waals surface area contributed by atoms with Gasteiger partial charge in [-0.2, -0.15) is 0 Å². The van der Waals surface area contributed by atoms with Crippen molar-refractivity contribution >= 4 is 16.9 Å². The fraction of sp³-hybridized carbons (Fsp3) is 0.545. The van der Waals surface area contributed by atoms with Crippen molar-refractivity contribution in [3.63, 3.8) is 0 Å². The minimum Gasteiger partial charge on any atom is -0.356 e. The lowest BCUT2D eigenvalue weighted by Crippen LogP contribution is -2.51. The van der Waals surface area contributed by atoms with Gasteiger partial charge >= 0.3 is 0 Å². The predicted octanol–water partition coefficient (Wildman–Crippen LogP) is 4.73. The molecule has 2 aliphatic rings. The van der Waals surface area contributed by atoms with E-state index in [1.807, 2.05) is 20.0 Å². The van der Waals surface area contributed by atoms with Gasteiger partial charge in [-0.3, -0.25) is 0 Å². The number of hydrogen-bond acceptors (Lipinski definition) is 4. The van der Waals surface area contributed by atoms with Crippen LogP contribution in [0.15, 0.2) is 41.9 Å². The van der Waals surface area contributed by atoms with Crippen LogP contribution in [-0.4, -0.2) is 33.6 Å². The van der Waals surface area contributed by atoms with E-state index >= 15 is 0 Å². The van der Waals surface area contributed by atoms with Gasteiger partial charge in [0.1, 0.15) is 17.8 Å². The first-order valence-corrected chi connectivity index (χ1v) is 10.3. The summed E-state index contributed by atoms with van der Waals surface area (Å²) in [4.78, 5) is 14.3. The summed E-state index contributed by atoms with van der Waals surface area (Å²) in [5, 5.41) is 1.09. The molecule has 4 rings (SSSR count). The van der Waals surface area contributed by atoms with Crippen molar-refractivity contribution in [2.45, 2.75) is 64.8 Å². The third-order valence-corrected chi connectivity index (χ3v) is 5.72. The Balaban J connectivity index is 0.00000102. The summed E-state index contributed by atoms with van der Waals surface area (Å²) < 4.78 is 0. The normalized spacial score (nSPS) is 19.6. The minimum absolute atomic E-state index is 0.105. The smallest absolute Gasteiger partial charge is 0.142 e. The summed E-state index contributed by atoms with van der Waals surface area (Å²) >= 11 is 0. The van der Waals surface area contributed by atoms with Crippen molar-refractivity contribution in [3.8, 4) is 0 Å². The van der Waals surface area contributed by atoms with E-state index in [4.69, 9.17) is 5.73 Å². The number of aromatic amines is 1. The fourth-order valence-electron chi connectivity index (χ4n) is 4.05. The summed E-state index contributed by atoms with van der Waals surface area (Å²) in [5.41, 5.74) is 10.6. The minimum atomic E-state index is -0.105. The monoisotopic (exact) mass is 367 g/mol. The Morgan fingerprint density at radius 1 is 1.22 bits per heavy atom. The molecule has 0 amide bonds. The van der Waals surface area contributed by atoms with E-state index < -0.39 is 0 Å². The van der Waals surface area contributed by atoms with Crippen molar-refractivity contribution in [3.05, 3.63) is 41.9 Å². The Hall–Kier alpha value is -2.14. The second kappa shape index (κ2) is 8.70. The third-order valence-electron chi connectivity index (χ3n) is 5.72. The van der Waals surface area contributed by atoms with Crippen molar-refractivity contribution in [1.29, 1.82) is 0 Å². The number of aromatic nitrogens is 3. The zero-order valence-corrected chi connectivity index (χ0v) is 17.0. The molecule has 0 atom stereocenters. The topological polar surface area (TPSA) is 70.8 Å². The molecule has 5 nitrogen and oxygen atoms in total. The van der Waals surface area contributed by atoms with Crippen molar-refractivity contribution < 1.29 is 0 Å². The lowest BCUT2D eigenvalue weighted by molar-refractivity contribution is 0.331. The number of fused-ring (bicyclic) bond motifs is 1. The fourth-order valence-corrected chi connectivity index (χ4v) is 4.05. The number of H-pyrrole nitrogens is 1. The molecule has 0 spiro atoms. The molecular weight excluding hydrogens is 334 g/mol. The van der Waals surface area contributed by atoms with Gasteiger partial charge in [-0.25, -0.2) is 9.97 Å². The number of allylic oxidation sites excluding steroid dienone is 3. The van der Waals surface area contributed by atoms with Gasteiger partial charge in [-0.05, 0) is 57.1 Å². The lowest BCUT2D eigenvalue weighted by atomic mass is 9.81. The molecule has 3 N–H and O–H groups in total. The molecule has 2 aromatic heterocycles. The number of nitrogens with one attached hydrogen (secondary N) is 1. The Morgan fingerprint density at radius 3 is 2.78 bits per heavy atom. The largest absolute Gasteiger partial charge is 0.356 e. The van der Waals surface area contributed by atoms with Gasteiger partial charge < -0.3 is 15.6 Å². The van der Waals surface area contributed by atoms with Gasteiger partial charge in [0.25, 0.3) is 0 Å². The summed E-state index contributed by atoms with van der Waals surface area (Å²) in [6.45, 7) is 8.17. The van der Waals surface area contributed by atoms with Crippen molar-refractivity contribution in [2.75, 3.05) is 18.0 Å². The zero-order chi connectivity index (χ0) is 19.3. The number of nitrogens with two attached hydrogens (primary N) is 1. The first-order chi connectivity index (χ1) is 13.1. The maximum atomic E-state index is 6.80. The van der Waals surface area contributed by atoms with Crippen LogP contribution in [0.3, 0.4) is 0 Å². The molecule has 1 saturated heterocycles. The van der Waals surface area contributed by atoms with Gasteiger partial charge in [0.05, 0.1) is 5.39 Å². The van der Waals surface area contributed by atoms with E-state index in [-0.39, 0.29) is 5.54 Å². The van der Waals surface area contributed by atoms with Gasteiger partial charge in [0, 0.05) is 24.8 Å². The Morgan fingerprint density at radius 2 is 2.00 bits per heavy atom. The number of rotatable bonds is 3. The van der Waals surface area contributed by atoms with E-state index in [2.05, 4.69) is 45.0 Å². The average Bonchev–Trinajstić information content (AvgIpc) is 3.09. The van der Waals surface area contributed by atoms with Gasteiger partial charge in [-0.15, -0.1) is 0 Å². The molecule has 5 heteroatoms. The SMILES string of the molecule is CC.CC1=C(CC2(N)CCN(c3ncnc4[nH]ccc34)CC2)C=CCCC1. The molecule has 1 aliphatic heterocycles. The van der Waals surface area contributed by atoms with Crippen molar-refractivity contribution in [1.82, 2.24) is 15.0 Å². The number of nitrogens with zero attached hydrogens (tertiary/aromatic N) is 3. The quantitative estimate of drug-likeness (QED) is 0.823. The number of piperidine rings is 1. The summed E-state index contributed by atoms with van der Waals surface area (Å²) in [6.07, 6.45) is 14.8. The Bertz CT molecular complexity index is 809. The second-order valence-corrected chi connectivity index (χ2v) is 7.56. The van der Waals surface area contributed by atoms with E-state index in [0.717, 1.165) is 49.2 Å². The average molecular weight is 368 g/mol. The molecule has 0 unspecified atom stereocenters. The van der Waals surface area contributed by atoms with Crippen molar-refractivity contribution in [2.24, 2.45) is 5.73 Å². The van der Waals surface area contributed by atoms with Crippen LogP contribution in [0.25, 0.3) is 11.0 Å². The molecule has 3 heterocycles. The zero-order valence-electron chi connectivity index (χ0n) is 17.0. The number of anilines is 1. The molecule has 2 aromatic rings. The van der Waals surface area contributed by atoms with E-state index in [0.29, 0.717) is 0 Å². The molecular formula is C22H33N5. The molecule has 0 aromatic carbocycles. The van der Waals surface area contributed by atoms with E-state index in [9.17, 15) is 0 Å². The van der Waals surface area contributed by atoms with E-state index in [1.54, 1.807) is 6.33 Å². The maximum absolute atomic E-state index is 6.80. The van der Waals surface area contributed by atoms with Gasteiger partial charge in [0.2, 0.25) is 0 Å². The third kappa shape index (κ3) is 4.41. The summed E-state index contributed by atoms with van der Waals surface area (Å²) in [6, 6.07) is 2.06. The summed E-state index contributed by atoms with van der Waals surface area (Å²) in [7, 11) is 0. The van der Waals surface area contributed by atoms with Crippen LogP contribution in [-0.2, 0) is 0 Å². The molecule has 0 radical (unpaired) electrons. The van der Waals surface area contributed by atoms with Crippen LogP contribution in [0.1, 0.15) is 59.3 Å². The number of hydrogen-bond donors (Lipinski definition) is 2. The Kier molecular flexibility index (Phi) is 6.32. The predicted molar refractivity (Wildman–Crippen MR) is 114 cm³/mol. The van der Waals surface area contributed by atoms with E-state index in [1.165, 1.54) is 30.4 Å². The van der Waals surface area contributed by atoms with Gasteiger partial charge in [0.15, 0.2) is 0 Å². The van der Waals surface area contributed by atoms with Crippen LogP contribution >= 0.6 is 0 Å². The molecule has 1 fully saturated rings. The Labute approximate surface area is 162 Å². The highest BCUT2D eigenvalue weighted by atomic mass is 15.2. The van der Waals surface area contributed by atoms with Crippen LogP contribution in [0.4, 0.5) is 5.82 Å². The molecule has 1 aliphatic carbocycles. The highest BCUT2D eigenvalue weighted by Gasteiger charge is 2.32. The molecule has 0 saturated carbocycles. The lowest BCUT2D eigenvalue weighted by Gasteiger charge is -2.40. The van der Waals surface area contributed by atoms with Crippen LogP contribution < -0.4 is 10.6 Å². The standard InChI is InChI=1S/C20H27N5.C2H6/c1-15-5-3-2-4-6-16(15)13-20(21)8-11-25(12-9-20)19-17-7-10-22-18(17)23-14-24-19;1-2/h4,6-7,10,14H,2-3,5,8-9,11-13,21H2,1H3,(H,22,23,24);1-2H3. The molecule has 146 valence electrons. The molecule has 0 bridgehead atoms. The van der Waals surface area contributed by atoms with Crippen LogP contribution in [0, 0.1) is 0 Å². The highest BCUT2D eigenvalue weighted by molar-refractivity contribution is 5.87. The maximum Gasteiger partial charge on any atom is 0.142 e. The second-order valence-electron chi connectivity index (χ2n) is 7.56. The van der Waals surface area contributed by atoms with Crippen LogP contribution in [0.5, 0.6) is 0 Å². The summed E-state index contributed by atoms with van der Waals surface area (Å²) in [5.74, 6) is 1.03. The van der Waals surface area contributed by atoms with Gasteiger partial charge in [-0.1, -0.05) is 31.6 Å².